The molecule has 0 radical (unpaired) electrons. The van der Waals surface area contributed by atoms with E-state index in [1.54, 1.807) is 12.1 Å². The van der Waals surface area contributed by atoms with Crippen molar-refractivity contribution < 1.29 is 8.78 Å². The normalized spacial score (nSPS) is 11.0. The molecule has 5 heteroatoms. The Morgan fingerprint density at radius 1 is 0.548 bits per heavy atom. The Morgan fingerprint density at radius 3 is 1.32 bits per heavy atom. The summed E-state index contributed by atoms with van der Waals surface area (Å²) in [5.41, 5.74) is 3.45. The van der Waals surface area contributed by atoms with Crippen molar-refractivity contribution in [2.24, 2.45) is 0 Å². The summed E-state index contributed by atoms with van der Waals surface area (Å²) >= 11 is 14.2. The zero-order chi connectivity index (χ0) is 21.8. The van der Waals surface area contributed by atoms with Gasteiger partial charge in [-0.1, -0.05) is 95.6 Å². The summed E-state index contributed by atoms with van der Waals surface area (Å²) < 4.78 is 28.5. The van der Waals surface area contributed by atoms with E-state index in [0.29, 0.717) is 24.0 Å². The molecule has 4 rings (SSSR count). The largest absolute Gasteiger partial charge is 0.205 e. The van der Waals surface area contributed by atoms with Gasteiger partial charge in [0.1, 0.15) is 11.6 Å². The average molecular weight is 471 g/mol. The maximum absolute atomic E-state index is 14.3. The molecule has 0 N–H and O–H groups in total. The second-order valence-electron chi connectivity index (χ2n) is 7.10. The molecule has 156 valence electrons. The van der Waals surface area contributed by atoms with Crippen molar-refractivity contribution in [2.75, 3.05) is 0 Å². The van der Waals surface area contributed by atoms with Gasteiger partial charge in [-0.15, -0.1) is 0 Å². The molecule has 31 heavy (non-hydrogen) atoms. The molecule has 0 bridgehead atoms. The van der Waals surface area contributed by atoms with E-state index in [9.17, 15) is 8.78 Å². The minimum Gasteiger partial charge on any atom is -0.205 e. The van der Waals surface area contributed by atoms with Gasteiger partial charge in [-0.2, -0.15) is 0 Å². The fourth-order valence-corrected chi connectivity index (χ4v) is 5.07. The second kappa shape index (κ2) is 9.86. The molecule has 0 aliphatic heterocycles. The van der Waals surface area contributed by atoms with Crippen LogP contribution in [0, 0.1) is 11.6 Å². The van der Waals surface area contributed by atoms with E-state index in [1.807, 2.05) is 60.7 Å². The number of rotatable bonds is 6. The summed E-state index contributed by atoms with van der Waals surface area (Å²) in [5, 5.41) is 0.207. The zero-order valence-corrected chi connectivity index (χ0v) is 18.7. The van der Waals surface area contributed by atoms with Crippen LogP contribution in [0.2, 0.25) is 10.0 Å². The Morgan fingerprint density at radius 2 is 0.935 bits per heavy atom. The fraction of sp³-hybridized carbons (Fsp3) is 0.0769. The van der Waals surface area contributed by atoms with Crippen LogP contribution in [0.4, 0.5) is 8.78 Å². The van der Waals surface area contributed by atoms with Gasteiger partial charge in [0.05, 0.1) is 10.0 Å². The summed E-state index contributed by atoms with van der Waals surface area (Å²) in [6.07, 6.45) is 0.978. The van der Waals surface area contributed by atoms with E-state index in [4.69, 9.17) is 23.2 Å². The molecule has 0 aliphatic carbocycles. The Labute approximate surface area is 194 Å². The van der Waals surface area contributed by atoms with E-state index in [1.165, 1.54) is 23.9 Å². The molecule has 0 aliphatic rings. The molecule has 4 aromatic rings. The predicted octanol–water partition coefficient (Wildman–Crippen LogP) is 8.60. The van der Waals surface area contributed by atoms with Gasteiger partial charge in [0.2, 0.25) is 0 Å². The molecule has 4 aromatic carbocycles. The first-order chi connectivity index (χ1) is 15.0. The van der Waals surface area contributed by atoms with E-state index in [-0.39, 0.29) is 10.0 Å². The lowest BCUT2D eigenvalue weighted by molar-refractivity contribution is 0.624. The molecule has 0 saturated heterocycles. The molecule has 0 unspecified atom stereocenters. The van der Waals surface area contributed by atoms with Crippen LogP contribution < -0.4 is 0 Å². The minimum atomic E-state index is -0.460. The number of halogens is 4. The Balaban J connectivity index is 1.74. The number of hydrogen-bond acceptors (Lipinski definition) is 1. The summed E-state index contributed by atoms with van der Waals surface area (Å²) in [7, 11) is 0. The Kier molecular flexibility index (Phi) is 6.96. The van der Waals surface area contributed by atoms with Crippen molar-refractivity contribution in [3.63, 3.8) is 0 Å². The molecule has 0 atom stereocenters. The Hall–Kier alpha value is -2.33. The highest BCUT2D eigenvalue weighted by atomic mass is 35.5. The van der Waals surface area contributed by atoms with Gasteiger partial charge < -0.3 is 0 Å². The predicted molar refractivity (Wildman–Crippen MR) is 125 cm³/mol. The van der Waals surface area contributed by atoms with Crippen LogP contribution in [0.15, 0.2) is 94.7 Å². The third-order valence-electron chi connectivity index (χ3n) is 4.97. The van der Waals surface area contributed by atoms with Gasteiger partial charge in [0.15, 0.2) is 0 Å². The summed E-state index contributed by atoms with van der Waals surface area (Å²) in [6.45, 7) is 0. The lowest BCUT2D eigenvalue weighted by Crippen LogP contribution is -1.98. The molecule has 0 heterocycles. The lowest BCUT2D eigenvalue weighted by Gasteiger charge is -2.16. The third-order valence-corrected chi connectivity index (χ3v) is 7.00. The van der Waals surface area contributed by atoms with Crippen molar-refractivity contribution in [3.8, 4) is 0 Å². The molecule has 0 saturated carbocycles. The number of benzene rings is 4. The van der Waals surface area contributed by atoms with Crippen molar-refractivity contribution >= 4 is 35.0 Å². The van der Waals surface area contributed by atoms with Gasteiger partial charge in [0, 0.05) is 22.6 Å². The van der Waals surface area contributed by atoms with Crippen LogP contribution in [0.5, 0.6) is 0 Å². The van der Waals surface area contributed by atoms with Crippen LogP contribution in [-0.2, 0) is 12.8 Å². The lowest BCUT2D eigenvalue weighted by atomic mass is 10.0. The monoisotopic (exact) mass is 470 g/mol. The van der Waals surface area contributed by atoms with Crippen molar-refractivity contribution in [1.82, 2.24) is 0 Å². The van der Waals surface area contributed by atoms with Gasteiger partial charge >= 0.3 is 0 Å². The van der Waals surface area contributed by atoms with Crippen LogP contribution in [0.25, 0.3) is 0 Å². The summed E-state index contributed by atoms with van der Waals surface area (Å²) in [5.74, 6) is -0.919. The van der Waals surface area contributed by atoms with E-state index in [2.05, 4.69) is 0 Å². The highest BCUT2D eigenvalue weighted by molar-refractivity contribution is 7.99. The van der Waals surface area contributed by atoms with Crippen molar-refractivity contribution in [1.29, 1.82) is 0 Å². The molecular formula is C26H18Cl2F2S. The van der Waals surface area contributed by atoms with Gasteiger partial charge in [-0.3, -0.25) is 0 Å². The van der Waals surface area contributed by atoms with Crippen LogP contribution >= 0.6 is 35.0 Å². The molecule has 0 amide bonds. The van der Waals surface area contributed by atoms with Crippen LogP contribution in [-0.4, -0.2) is 0 Å². The first kappa shape index (κ1) is 21.9. The summed E-state index contributed by atoms with van der Waals surface area (Å²) in [6, 6.07) is 25.7. The van der Waals surface area contributed by atoms with Crippen LogP contribution in [0.1, 0.15) is 22.3 Å². The van der Waals surface area contributed by atoms with Gasteiger partial charge in [-0.25, -0.2) is 8.78 Å². The first-order valence-corrected chi connectivity index (χ1v) is 11.3. The average Bonchev–Trinajstić information content (AvgIpc) is 2.79. The van der Waals surface area contributed by atoms with E-state index in [0.717, 1.165) is 20.9 Å². The first-order valence-electron chi connectivity index (χ1n) is 9.72. The zero-order valence-electron chi connectivity index (χ0n) is 16.4. The smallest absolute Gasteiger partial charge is 0.142 e. The quantitative estimate of drug-likeness (QED) is 0.271. The fourth-order valence-electron chi connectivity index (χ4n) is 3.39. The molecule has 0 spiro atoms. The maximum atomic E-state index is 14.3. The highest BCUT2D eigenvalue weighted by Crippen LogP contribution is 2.40. The standard InChI is InChI=1S/C26H18Cl2F2S/c27-25-19(15-17-7-3-1-4-8-17)23(13-11-21(25)29)31-24-14-12-22(30)26(28)20(24)16-18-9-5-2-6-10-18/h1-14H,15-16H2. The topological polar surface area (TPSA) is 0 Å². The second-order valence-corrected chi connectivity index (χ2v) is 8.94. The summed E-state index contributed by atoms with van der Waals surface area (Å²) in [4.78, 5) is 1.62. The molecule has 0 aromatic heterocycles. The van der Waals surface area contributed by atoms with E-state index >= 15 is 0 Å². The van der Waals surface area contributed by atoms with Gasteiger partial charge in [-0.05, 0) is 46.5 Å². The number of hydrogen-bond donors (Lipinski definition) is 0. The minimum absolute atomic E-state index is 0.103. The Bertz CT molecular complexity index is 1100. The van der Waals surface area contributed by atoms with Crippen molar-refractivity contribution in [3.05, 3.63) is 129 Å². The molecular weight excluding hydrogens is 453 g/mol. The van der Waals surface area contributed by atoms with E-state index < -0.39 is 11.6 Å². The molecule has 0 nitrogen and oxygen atoms in total. The highest BCUT2D eigenvalue weighted by Gasteiger charge is 2.18. The van der Waals surface area contributed by atoms with Crippen LogP contribution in [0.3, 0.4) is 0 Å². The van der Waals surface area contributed by atoms with Crippen molar-refractivity contribution in [2.45, 2.75) is 22.6 Å². The molecule has 0 fully saturated rings. The third kappa shape index (κ3) is 5.12. The SMILES string of the molecule is Fc1ccc(Sc2ccc(F)c(Cl)c2Cc2ccccc2)c(Cc2ccccc2)c1Cl. The maximum Gasteiger partial charge on any atom is 0.142 e. The van der Waals surface area contributed by atoms with Gasteiger partial charge in [0.25, 0.3) is 0 Å².